The van der Waals surface area contributed by atoms with Crippen molar-refractivity contribution in [1.82, 2.24) is 15.1 Å². The Morgan fingerprint density at radius 2 is 2.33 bits per heavy atom. The molecule has 1 N–H and O–H groups in total. The summed E-state index contributed by atoms with van der Waals surface area (Å²) in [7, 11) is 3.86. The molecule has 0 amide bonds. The smallest absolute Gasteiger partial charge is 0.130 e. The molecule has 1 aromatic heterocycles. The maximum absolute atomic E-state index is 6.29. The van der Waals surface area contributed by atoms with Gasteiger partial charge in [0, 0.05) is 25.3 Å². The number of hydrogen-bond donors (Lipinski definition) is 1. The van der Waals surface area contributed by atoms with Crippen molar-refractivity contribution in [3.8, 4) is 0 Å². The molecule has 3 atom stereocenters. The lowest BCUT2D eigenvalue weighted by Gasteiger charge is -2.25. The lowest BCUT2D eigenvalue weighted by molar-refractivity contribution is 0.0633. The molecular formula is C13H22ClN3O. The van der Waals surface area contributed by atoms with E-state index in [4.69, 9.17) is 16.3 Å². The second kappa shape index (κ2) is 5.59. The molecule has 18 heavy (non-hydrogen) atoms. The third-order valence-corrected chi connectivity index (χ3v) is 4.38. The minimum atomic E-state index is 0.269. The zero-order valence-electron chi connectivity index (χ0n) is 11.5. The van der Waals surface area contributed by atoms with Crippen LogP contribution < -0.4 is 5.32 Å². The number of likely N-dealkylation sites (N-methyl/N-ethyl adjacent to an activating group) is 1. The van der Waals surface area contributed by atoms with Crippen molar-refractivity contribution < 1.29 is 4.74 Å². The van der Waals surface area contributed by atoms with Crippen molar-refractivity contribution in [2.75, 3.05) is 13.7 Å². The van der Waals surface area contributed by atoms with Crippen LogP contribution in [-0.2, 0) is 18.2 Å². The Morgan fingerprint density at radius 1 is 1.61 bits per heavy atom. The van der Waals surface area contributed by atoms with Crippen LogP contribution >= 0.6 is 11.6 Å². The van der Waals surface area contributed by atoms with E-state index < -0.39 is 0 Å². The van der Waals surface area contributed by atoms with Gasteiger partial charge in [-0.15, -0.1) is 0 Å². The zero-order valence-corrected chi connectivity index (χ0v) is 12.3. The third-order valence-electron chi connectivity index (χ3n) is 3.91. The minimum Gasteiger partial charge on any atom is -0.376 e. The van der Waals surface area contributed by atoms with Gasteiger partial charge in [-0.1, -0.05) is 18.5 Å². The van der Waals surface area contributed by atoms with E-state index in [1.54, 1.807) is 4.68 Å². The van der Waals surface area contributed by atoms with Gasteiger partial charge in [-0.25, -0.2) is 0 Å². The van der Waals surface area contributed by atoms with Crippen molar-refractivity contribution >= 4 is 11.6 Å². The highest BCUT2D eigenvalue weighted by molar-refractivity contribution is 6.30. The molecule has 5 heteroatoms. The van der Waals surface area contributed by atoms with Crippen LogP contribution in [0.5, 0.6) is 0 Å². The molecule has 1 fully saturated rings. The van der Waals surface area contributed by atoms with Crippen molar-refractivity contribution in [3.05, 3.63) is 16.4 Å². The zero-order chi connectivity index (χ0) is 13.3. The Kier molecular flexibility index (Phi) is 4.30. The Morgan fingerprint density at radius 3 is 2.78 bits per heavy atom. The second-order valence-corrected chi connectivity index (χ2v) is 5.54. The Balaban J connectivity index is 2.15. The Labute approximate surface area is 114 Å². The monoisotopic (exact) mass is 271 g/mol. The van der Waals surface area contributed by atoms with Crippen LogP contribution in [0, 0.1) is 12.8 Å². The fourth-order valence-corrected chi connectivity index (χ4v) is 2.99. The van der Waals surface area contributed by atoms with Crippen LogP contribution in [0.15, 0.2) is 0 Å². The Bertz CT molecular complexity index is 419. The van der Waals surface area contributed by atoms with Gasteiger partial charge < -0.3 is 10.1 Å². The molecule has 0 aliphatic carbocycles. The Hall–Kier alpha value is -0.580. The summed E-state index contributed by atoms with van der Waals surface area (Å²) in [6.07, 6.45) is 2.28. The van der Waals surface area contributed by atoms with E-state index in [-0.39, 0.29) is 6.10 Å². The van der Waals surface area contributed by atoms with Gasteiger partial charge in [0.1, 0.15) is 5.15 Å². The van der Waals surface area contributed by atoms with Crippen molar-refractivity contribution in [2.45, 2.75) is 38.8 Å². The van der Waals surface area contributed by atoms with Gasteiger partial charge in [0.2, 0.25) is 0 Å². The molecule has 1 aliphatic heterocycles. The van der Waals surface area contributed by atoms with E-state index in [1.807, 2.05) is 21.0 Å². The van der Waals surface area contributed by atoms with Gasteiger partial charge in [-0.05, 0) is 32.7 Å². The maximum atomic E-state index is 6.29. The lowest BCUT2D eigenvalue weighted by Crippen LogP contribution is -2.42. The summed E-state index contributed by atoms with van der Waals surface area (Å²) in [6, 6.07) is 0.294. The van der Waals surface area contributed by atoms with Crippen LogP contribution in [0.25, 0.3) is 0 Å². The summed E-state index contributed by atoms with van der Waals surface area (Å²) in [5.74, 6) is 0.596. The van der Waals surface area contributed by atoms with E-state index >= 15 is 0 Å². The third kappa shape index (κ3) is 2.56. The summed E-state index contributed by atoms with van der Waals surface area (Å²) in [5, 5.41) is 8.46. The highest BCUT2D eigenvalue weighted by Crippen LogP contribution is 2.27. The summed E-state index contributed by atoms with van der Waals surface area (Å²) in [4.78, 5) is 0. The molecule has 1 saturated heterocycles. The standard InChI is InChI=1S/C13H22ClN3O/c1-8-5-6-18-12(8)11(15-3)7-10-9(2)16-17(4)13(10)14/h8,11-12,15H,5-7H2,1-4H3. The first-order valence-corrected chi connectivity index (χ1v) is 6.89. The van der Waals surface area contributed by atoms with E-state index in [0.29, 0.717) is 12.0 Å². The number of ether oxygens (including phenoxy) is 1. The minimum absolute atomic E-state index is 0.269. The van der Waals surface area contributed by atoms with Gasteiger partial charge in [-0.2, -0.15) is 5.10 Å². The average molecular weight is 272 g/mol. The van der Waals surface area contributed by atoms with Crippen LogP contribution in [-0.4, -0.2) is 35.6 Å². The quantitative estimate of drug-likeness (QED) is 0.910. The van der Waals surface area contributed by atoms with Crippen molar-refractivity contribution in [1.29, 1.82) is 0 Å². The number of aryl methyl sites for hydroxylation is 2. The topological polar surface area (TPSA) is 39.1 Å². The highest BCUT2D eigenvalue weighted by Gasteiger charge is 2.32. The fraction of sp³-hybridized carbons (Fsp3) is 0.769. The molecule has 0 saturated carbocycles. The van der Waals surface area contributed by atoms with Gasteiger partial charge in [0.15, 0.2) is 0 Å². The second-order valence-electron chi connectivity index (χ2n) is 5.18. The van der Waals surface area contributed by atoms with Crippen LogP contribution in [0.4, 0.5) is 0 Å². The van der Waals surface area contributed by atoms with Crippen molar-refractivity contribution in [3.63, 3.8) is 0 Å². The summed E-state index contributed by atoms with van der Waals surface area (Å²) in [5.41, 5.74) is 2.13. The maximum Gasteiger partial charge on any atom is 0.130 e. The normalized spacial score (nSPS) is 25.6. The summed E-state index contributed by atoms with van der Waals surface area (Å²) < 4.78 is 7.58. The molecule has 1 aliphatic rings. The average Bonchev–Trinajstić information content (AvgIpc) is 2.84. The predicted octanol–water partition coefficient (Wildman–Crippen LogP) is 1.94. The number of nitrogens with one attached hydrogen (secondary N) is 1. The predicted molar refractivity (Wildman–Crippen MR) is 73.0 cm³/mol. The van der Waals surface area contributed by atoms with Gasteiger partial charge in [-0.3, -0.25) is 4.68 Å². The van der Waals surface area contributed by atoms with E-state index in [0.717, 1.165) is 35.9 Å². The molecule has 0 bridgehead atoms. The number of halogens is 1. The number of rotatable bonds is 4. The molecule has 0 spiro atoms. The largest absolute Gasteiger partial charge is 0.376 e. The first-order chi connectivity index (χ1) is 8.54. The molecule has 0 radical (unpaired) electrons. The van der Waals surface area contributed by atoms with Gasteiger partial charge >= 0.3 is 0 Å². The van der Waals surface area contributed by atoms with E-state index in [1.165, 1.54) is 0 Å². The van der Waals surface area contributed by atoms with E-state index in [2.05, 4.69) is 17.3 Å². The van der Waals surface area contributed by atoms with Crippen LogP contribution in [0.3, 0.4) is 0 Å². The van der Waals surface area contributed by atoms with E-state index in [9.17, 15) is 0 Å². The first kappa shape index (κ1) is 13.8. The molecular weight excluding hydrogens is 250 g/mol. The molecule has 3 unspecified atom stereocenters. The first-order valence-electron chi connectivity index (χ1n) is 6.51. The summed E-state index contributed by atoms with van der Waals surface area (Å²) >= 11 is 6.29. The van der Waals surface area contributed by atoms with Gasteiger partial charge in [0.25, 0.3) is 0 Å². The number of hydrogen-bond acceptors (Lipinski definition) is 3. The van der Waals surface area contributed by atoms with Crippen LogP contribution in [0.1, 0.15) is 24.6 Å². The van der Waals surface area contributed by atoms with Crippen molar-refractivity contribution in [2.24, 2.45) is 13.0 Å². The number of aromatic nitrogens is 2. The SMILES string of the molecule is CNC(Cc1c(C)nn(C)c1Cl)C1OCCC1C. The highest BCUT2D eigenvalue weighted by atomic mass is 35.5. The molecule has 4 nitrogen and oxygen atoms in total. The number of nitrogens with zero attached hydrogens (tertiary/aromatic N) is 2. The molecule has 0 aromatic carbocycles. The fourth-order valence-electron chi connectivity index (χ4n) is 2.74. The molecule has 2 rings (SSSR count). The summed E-state index contributed by atoms with van der Waals surface area (Å²) in [6.45, 7) is 5.12. The van der Waals surface area contributed by atoms with Gasteiger partial charge in [0.05, 0.1) is 11.8 Å². The van der Waals surface area contributed by atoms with Crippen LogP contribution in [0.2, 0.25) is 5.15 Å². The molecule has 102 valence electrons. The molecule has 1 aromatic rings. The lowest BCUT2D eigenvalue weighted by atomic mass is 9.93. The molecule has 2 heterocycles.